The molecule has 0 heterocycles. The first-order valence-corrected chi connectivity index (χ1v) is 7.08. The number of rotatable bonds is 5. The summed E-state index contributed by atoms with van der Waals surface area (Å²) < 4.78 is 21.3. The lowest BCUT2D eigenvalue weighted by Crippen LogP contribution is -1.89. The zero-order valence-corrected chi connectivity index (χ0v) is 11.7. The minimum absolute atomic E-state index is 0.244. The van der Waals surface area contributed by atoms with Crippen LogP contribution in [0.15, 0.2) is 35.8 Å². The van der Waals surface area contributed by atoms with E-state index >= 15 is 0 Å². The normalized spacial score (nSPS) is 10.9. The zero-order chi connectivity index (χ0) is 13.6. The third-order valence-electron chi connectivity index (χ3n) is 2.26. The maximum absolute atomic E-state index is 11.8. The summed E-state index contributed by atoms with van der Waals surface area (Å²) in [6, 6.07) is 6.86. The molecule has 0 radical (unpaired) electrons. The highest BCUT2D eigenvalue weighted by atomic mass is 35.5. The van der Waals surface area contributed by atoms with Crippen molar-refractivity contribution in [3.63, 3.8) is 0 Å². The van der Waals surface area contributed by atoms with Crippen LogP contribution in [0.5, 0.6) is 0 Å². The Kier molecular flexibility index (Phi) is 5.83. The van der Waals surface area contributed by atoms with E-state index in [1.54, 1.807) is 24.3 Å². The quantitative estimate of drug-likeness (QED) is 0.667. The Morgan fingerprint density at radius 3 is 2.39 bits per heavy atom. The Hall–Kier alpha value is -0.860. The molecule has 6 heteroatoms. The lowest BCUT2D eigenvalue weighted by Gasteiger charge is -2.07. The van der Waals surface area contributed by atoms with Crippen LogP contribution in [-0.2, 0) is 13.6 Å². The maximum Gasteiger partial charge on any atom is 0.361 e. The molecule has 0 amide bonds. The highest BCUT2D eigenvalue weighted by Crippen LogP contribution is 2.47. The Morgan fingerprint density at radius 2 is 1.94 bits per heavy atom. The van der Waals surface area contributed by atoms with Gasteiger partial charge in [-0.15, -0.1) is 5.73 Å². The molecule has 0 aromatic heterocycles. The summed E-state index contributed by atoms with van der Waals surface area (Å²) >= 11 is 5.77. The fourth-order valence-corrected chi connectivity index (χ4v) is 2.01. The van der Waals surface area contributed by atoms with Crippen molar-refractivity contribution < 1.29 is 18.7 Å². The molecule has 98 valence electrons. The van der Waals surface area contributed by atoms with E-state index in [1.807, 2.05) is 0 Å². The van der Waals surface area contributed by atoms with Crippen molar-refractivity contribution in [2.75, 3.05) is 20.8 Å². The number of aliphatic hydroxyl groups is 1. The van der Waals surface area contributed by atoms with Gasteiger partial charge >= 0.3 is 7.60 Å². The topological polar surface area (TPSA) is 55.8 Å². The fourth-order valence-electron chi connectivity index (χ4n) is 1.21. The first-order valence-electron chi connectivity index (χ1n) is 5.09. The molecule has 0 saturated heterocycles. The van der Waals surface area contributed by atoms with Crippen molar-refractivity contribution >= 4 is 24.8 Å². The van der Waals surface area contributed by atoms with Crippen molar-refractivity contribution in [2.45, 2.75) is 0 Å². The van der Waals surface area contributed by atoms with Gasteiger partial charge in [-0.1, -0.05) is 23.7 Å². The molecule has 4 nitrogen and oxygen atoms in total. The van der Waals surface area contributed by atoms with Gasteiger partial charge in [0.2, 0.25) is 0 Å². The molecule has 0 unspecified atom stereocenters. The average molecular weight is 289 g/mol. The van der Waals surface area contributed by atoms with Crippen LogP contribution in [-0.4, -0.2) is 25.9 Å². The van der Waals surface area contributed by atoms with Gasteiger partial charge in [-0.2, -0.15) is 0 Å². The van der Waals surface area contributed by atoms with Gasteiger partial charge in [0.1, 0.15) is 0 Å². The van der Waals surface area contributed by atoms with Crippen LogP contribution in [0.2, 0.25) is 5.02 Å². The van der Waals surface area contributed by atoms with E-state index in [4.69, 9.17) is 20.6 Å². The molecule has 0 spiro atoms. The monoisotopic (exact) mass is 288 g/mol. The van der Waals surface area contributed by atoms with Gasteiger partial charge in [-0.3, -0.25) is 4.57 Å². The molecule has 0 fully saturated rings. The summed E-state index contributed by atoms with van der Waals surface area (Å²) in [5, 5.41) is 9.86. The summed E-state index contributed by atoms with van der Waals surface area (Å²) in [6.07, 6.45) is 0. The van der Waals surface area contributed by atoms with Gasteiger partial charge < -0.3 is 14.2 Å². The molecular weight excluding hydrogens is 275 g/mol. The fraction of sp³-hybridized carbons (Fsp3) is 0.250. The molecule has 0 aliphatic heterocycles. The predicted octanol–water partition coefficient (Wildman–Crippen LogP) is 3.31. The van der Waals surface area contributed by atoms with Gasteiger partial charge in [0.15, 0.2) is 0 Å². The highest BCUT2D eigenvalue weighted by molar-refractivity contribution is 7.57. The molecule has 1 aromatic carbocycles. The molecular formula is C12H14ClO4P. The minimum atomic E-state index is -3.27. The summed E-state index contributed by atoms with van der Waals surface area (Å²) in [7, 11) is -0.710. The zero-order valence-electron chi connectivity index (χ0n) is 10.1. The van der Waals surface area contributed by atoms with Crippen molar-refractivity contribution in [3.05, 3.63) is 46.4 Å². The van der Waals surface area contributed by atoms with E-state index in [2.05, 4.69) is 5.73 Å². The third kappa shape index (κ3) is 4.11. The standard InChI is InChI=1S/C12H14ClO4P/c1-16-18(15,17-2)8-7-11(9-14)10-3-5-12(13)6-4-10/h3-6,8,14H,9H2,1-2H3. The summed E-state index contributed by atoms with van der Waals surface area (Å²) in [5.41, 5.74) is 3.94. The van der Waals surface area contributed by atoms with Crippen LogP contribution in [0, 0.1) is 0 Å². The average Bonchev–Trinajstić information content (AvgIpc) is 2.41. The van der Waals surface area contributed by atoms with Gasteiger partial charge in [-0.25, -0.2) is 0 Å². The van der Waals surface area contributed by atoms with E-state index in [0.29, 0.717) is 10.6 Å². The number of hydrogen-bond acceptors (Lipinski definition) is 4. The Bertz CT molecular complexity index is 495. The van der Waals surface area contributed by atoms with Gasteiger partial charge in [0.25, 0.3) is 0 Å². The third-order valence-corrected chi connectivity index (χ3v) is 3.97. The molecule has 1 N–H and O–H groups in total. The molecule has 0 saturated carbocycles. The molecule has 1 aromatic rings. The van der Waals surface area contributed by atoms with E-state index in [9.17, 15) is 9.67 Å². The molecule has 0 aliphatic rings. The Balaban J connectivity index is 3.14. The van der Waals surface area contributed by atoms with Crippen molar-refractivity contribution in [3.8, 4) is 0 Å². The summed E-state index contributed by atoms with van der Waals surface area (Å²) in [5.74, 6) is 1.19. The van der Waals surface area contributed by atoms with Crippen molar-refractivity contribution in [1.82, 2.24) is 0 Å². The first-order chi connectivity index (χ1) is 8.54. The Morgan fingerprint density at radius 1 is 1.39 bits per heavy atom. The maximum atomic E-state index is 11.8. The van der Waals surface area contributed by atoms with Crippen molar-refractivity contribution in [1.29, 1.82) is 0 Å². The summed E-state index contributed by atoms with van der Waals surface area (Å²) in [4.78, 5) is 0. The number of benzene rings is 1. The second-order valence-corrected chi connectivity index (χ2v) is 5.83. The molecule has 0 aliphatic carbocycles. The number of aliphatic hydroxyl groups excluding tert-OH is 1. The van der Waals surface area contributed by atoms with Crippen LogP contribution in [0.4, 0.5) is 0 Å². The first kappa shape index (κ1) is 15.2. The molecule has 0 bridgehead atoms. The van der Waals surface area contributed by atoms with Gasteiger partial charge in [-0.05, 0) is 17.7 Å². The second-order valence-electron chi connectivity index (χ2n) is 3.32. The van der Waals surface area contributed by atoms with E-state index in [1.165, 1.54) is 20.0 Å². The number of hydrogen-bond donors (Lipinski definition) is 1. The van der Waals surface area contributed by atoms with Gasteiger partial charge in [0, 0.05) is 24.8 Å². The largest absolute Gasteiger partial charge is 0.391 e. The Labute approximate surface area is 111 Å². The van der Waals surface area contributed by atoms with Crippen LogP contribution >= 0.6 is 19.2 Å². The summed E-state index contributed by atoms with van der Waals surface area (Å²) in [6.45, 7) is -0.244. The SMILES string of the molecule is COP(=O)(C=C=C(CO)c1ccc(Cl)cc1)OC. The molecule has 0 atom stereocenters. The lowest BCUT2D eigenvalue weighted by atomic mass is 10.1. The molecule has 1 rings (SSSR count). The van der Waals surface area contributed by atoms with Crippen LogP contribution in [0.3, 0.4) is 0 Å². The number of halogens is 1. The van der Waals surface area contributed by atoms with Gasteiger partial charge in [0.05, 0.1) is 12.4 Å². The van der Waals surface area contributed by atoms with Crippen LogP contribution < -0.4 is 0 Å². The predicted molar refractivity (Wildman–Crippen MR) is 71.7 cm³/mol. The van der Waals surface area contributed by atoms with Crippen LogP contribution in [0.25, 0.3) is 5.57 Å². The van der Waals surface area contributed by atoms with E-state index in [-0.39, 0.29) is 6.61 Å². The van der Waals surface area contributed by atoms with E-state index < -0.39 is 7.60 Å². The van der Waals surface area contributed by atoms with Crippen molar-refractivity contribution in [2.24, 2.45) is 0 Å². The second kappa shape index (κ2) is 6.91. The highest BCUT2D eigenvalue weighted by Gasteiger charge is 2.15. The smallest absolute Gasteiger partial charge is 0.361 e. The minimum Gasteiger partial charge on any atom is -0.391 e. The van der Waals surface area contributed by atoms with Crippen LogP contribution in [0.1, 0.15) is 5.56 Å². The molecule has 18 heavy (non-hydrogen) atoms. The van der Waals surface area contributed by atoms with E-state index in [0.717, 1.165) is 5.56 Å². The lowest BCUT2D eigenvalue weighted by molar-refractivity contribution is 0.286.